The second-order valence-electron chi connectivity index (χ2n) is 8.44. The maximum atomic E-state index is 12.7. The minimum Gasteiger partial charge on any atom is -0.352 e. The number of fused-ring (bicyclic) bond motifs is 2. The molecule has 1 saturated heterocycles. The van der Waals surface area contributed by atoms with Gasteiger partial charge >= 0.3 is 0 Å². The number of carbonyl (C=O) groups is 1. The molecule has 2 aromatic carbocycles. The van der Waals surface area contributed by atoms with E-state index < -0.39 is 0 Å². The van der Waals surface area contributed by atoms with Crippen molar-refractivity contribution in [2.45, 2.75) is 61.8 Å². The molecule has 1 fully saturated rings. The molecule has 0 bridgehead atoms. The molecule has 2 aromatic rings. The average Bonchev–Trinajstić information content (AvgIpc) is 3.27. The van der Waals surface area contributed by atoms with Crippen LogP contribution in [0.3, 0.4) is 0 Å². The van der Waals surface area contributed by atoms with Crippen molar-refractivity contribution in [2.24, 2.45) is 0 Å². The van der Waals surface area contributed by atoms with Crippen molar-refractivity contribution >= 4 is 29.0 Å². The Labute approximate surface area is 185 Å². The molecular weight excluding hydrogens is 390 g/mol. The smallest absolute Gasteiger partial charge is 0.251 e. The van der Waals surface area contributed by atoms with Crippen molar-refractivity contribution in [3.05, 3.63) is 48.0 Å². The topological polar surface area (TPSA) is 35.6 Å². The molecule has 2 aliphatic heterocycles. The van der Waals surface area contributed by atoms with Crippen LogP contribution >= 0.6 is 11.8 Å². The van der Waals surface area contributed by atoms with E-state index in [1.165, 1.54) is 41.4 Å². The predicted molar refractivity (Wildman–Crippen MR) is 126 cm³/mol. The van der Waals surface area contributed by atoms with Crippen molar-refractivity contribution in [3.8, 4) is 0 Å². The summed E-state index contributed by atoms with van der Waals surface area (Å²) in [6.07, 6.45) is 5.96. The summed E-state index contributed by atoms with van der Waals surface area (Å²) in [5.74, 6) is 0.0323. The maximum Gasteiger partial charge on any atom is 0.251 e. The van der Waals surface area contributed by atoms with E-state index in [1.807, 2.05) is 6.07 Å². The zero-order valence-electron chi connectivity index (χ0n) is 18.2. The van der Waals surface area contributed by atoms with E-state index in [4.69, 9.17) is 0 Å². The van der Waals surface area contributed by atoms with Crippen LogP contribution in [0.1, 0.15) is 56.3 Å². The molecule has 0 saturated carbocycles. The maximum absolute atomic E-state index is 12.7. The van der Waals surface area contributed by atoms with Gasteiger partial charge in [-0.3, -0.25) is 4.79 Å². The van der Waals surface area contributed by atoms with Crippen molar-refractivity contribution in [3.63, 3.8) is 0 Å². The number of para-hydroxylation sites is 1. The third-order valence-corrected chi connectivity index (χ3v) is 7.18. The van der Waals surface area contributed by atoms with Crippen LogP contribution in [0.15, 0.2) is 52.3 Å². The second-order valence-corrected chi connectivity index (χ2v) is 9.53. The van der Waals surface area contributed by atoms with E-state index in [9.17, 15) is 4.79 Å². The molecule has 5 heteroatoms. The van der Waals surface area contributed by atoms with E-state index in [0.29, 0.717) is 6.04 Å². The highest BCUT2D eigenvalue weighted by atomic mass is 32.2. The zero-order valence-corrected chi connectivity index (χ0v) is 19.0. The van der Waals surface area contributed by atoms with E-state index >= 15 is 0 Å². The van der Waals surface area contributed by atoms with Gasteiger partial charge in [-0.25, -0.2) is 0 Å². The molecule has 0 aliphatic carbocycles. The van der Waals surface area contributed by atoms with Crippen LogP contribution in [0.25, 0.3) is 0 Å². The van der Waals surface area contributed by atoms with Gasteiger partial charge in [0.1, 0.15) is 0 Å². The SMILES string of the molecule is CCCCCNC(=O)c1ccc2c(c1)N([C@H](C)CN1CCCC1)c1ccccc1S2. The number of amides is 1. The first-order valence-corrected chi connectivity index (χ1v) is 12.2. The van der Waals surface area contributed by atoms with Gasteiger partial charge in [-0.05, 0) is 69.6 Å². The minimum absolute atomic E-state index is 0.0323. The second kappa shape index (κ2) is 9.88. The van der Waals surface area contributed by atoms with Gasteiger partial charge in [0.2, 0.25) is 0 Å². The Balaban J connectivity index is 1.60. The van der Waals surface area contributed by atoms with Gasteiger partial charge in [-0.2, -0.15) is 0 Å². The van der Waals surface area contributed by atoms with Gasteiger partial charge in [-0.1, -0.05) is 43.7 Å². The number of nitrogens with one attached hydrogen (secondary N) is 1. The Morgan fingerprint density at radius 2 is 1.83 bits per heavy atom. The zero-order chi connectivity index (χ0) is 20.9. The van der Waals surface area contributed by atoms with Gasteiger partial charge in [0.15, 0.2) is 0 Å². The molecule has 2 heterocycles. The van der Waals surface area contributed by atoms with Crippen LogP contribution in [0.2, 0.25) is 0 Å². The molecule has 4 rings (SSSR count). The van der Waals surface area contributed by atoms with Gasteiger partial charge in [0, 0.05) is 34.5 Å². The lowest BCUT2D eigenvalue weighted by molar-refractivity contribution is 0.0953. The van der Waals surface area contributed by atoms with Crippen LogP contribution in [0.5, 0.6) is 0 Å². The molecule has 0 aromatic heterocycles. The first kappa shape index (κ1) is 21.3. The number of rotatable bonds is 8. The van der Waals surface area contributed by atoms with Gasteiger partial charge < -0.3 is 15.1 Å². The number of benzene rings is 2. The van der Waals surface area contributed by atoms with Crippen LogP contribution in [0.4, 0.5) is 11.4 Å². The number of unbranched alkanes of at least 4 members (excludes halogenated alkanes) is 2. The van der Waals surface area contributed by atoms with Gasteiger partial charge in [0.25, 0.3) is 5.91 Å². The summed E-state index contributed by atoms with van der Waals surface area (Å²) in [6, 6.07) is 15.2. The number of hydrogen-bond acceptors (Lipinski definition) is 4. The van der Waals surface area contributed by atoms with Crippen LogP contribution in [-0.2, 0) is 0 Å². The number of carbonyl (C=O) groups excluding carboxylic acids is 1. The van der Waals surface area contributed by atoms with Gasteiger partial charge in [-0.15, -0.1) is 0 Å². The molecular formula is C25H33N3OS. The van der Waals surface area contributed by atoms with Gasteiger partial charge in [0.05, 0.1) is 11.4 Å². The van der Waals surface area contributed by atoms with Crippen LogP contribution in [-0.4, -0.2) is 43.0 Å². The largest absolute Gasteiger partial charge is 0.352 e. The average molecular weight is 424 g/mol. The Kier molecular flexibility index (Phi) is 7.00. The molecule has 0 radical (unpaired) electrons. The van der Waals surface area contributed by atoms with E-state index in [2.05, 4.69) is 65.4 Å². The summed E-state index contributed by atoms with van der Waals surface area (Å²) in [5, 5.41) is 3.09. The van der Waals surface area contributed by atoms with Crippen LogP contribution in [0, 0.1) is 0 Å². The third kappa shape index (κ3) is 4.68. The molecule has 1 atom stereocenters. The molecule has 0 unspecified atom stereocenters. The number of hydrogen-bond donors (Lipinski definition) is 1. The van der Waals surface area contributed by atoms with Crippen molar-refractivity contribution in [1.82, 2.24) is 10.2 Å². The predicted octanol–water partition coefficient (Wildman–Crippen LogP) is 5.69. The lowest BCUT2D eigenvalue weighted by Gasteiger charge is -2.39. The highest BCUT2D eigenvalue weighted by Gasteiger charge is 2.29. The molecule has 1 amide bonds. The first-order chi connectivity index (χ1) is 14.7. The number of likely N-dealkylation sites (tertiary alicyclic amines) is 1. The fraction of sp³-hybridized carbons (Fsp3) is 0.480. The van der Waals surface area contributed by atoms with E-state index in [-0.39, 0.29) is 5.91 Å². The normalized spacial score (nSPS) is 16.8. The summed E-state index contributed by atoms with van der Waals surface area (Å²) in [6.45, 7) is 8.68. The monoisotopic (exact) mass is 423 g/mol. The highest BCUT2D eigenvalue weighted by Crippen LogP contribution is 2.49. The summed E-state index contributed by atoms with van der Waals surface area (Å²) < 4.78 is 0. The Morgan fingerprint density at radius 3 is 2.63 bits per heavy atom. The standard InChI is InChI=1S/C25H33N3OS/c1-3-4-7-14-26-25(29)20-12-13-24-22(17-20)28(19(2)18-27-15-8-9-16-27)21-10-5-6-11-23(21)30-24/h5-6,10-13,17,19H,3-4,7-9,14-16,18H2,1-2H3,(H,26,29)/t19-/m1/s1. The third-order valence-electron chi connectivity index (χ3n) is 6.05. The molecule has 4 nitrogen and oxygen atoms in total. The fourth-order valence-corrected chi connectivity index (χ4v) is 5.55. The molecule has 160 valence electrons. The van der Waals surface area contributed by atoms with E-state index in [0.717, 1.165) is 43.6 Å². The minimum atomic E-state index is 0.0323. The molecule has 0 spiro atoms. The number of nitrogens with zero attached hydrogens (tertiary/aromatic N) is 2. The van der Waals surface area contributed by atoms with Crippen molar-refractivity contribution in [1.29, 1.82) is 0 Å². The Morgan fingerprint density at radius 1 is 1.07 bits per heavy atom. The molecule has 30 heavy (non-hydrogen) atoms. The summed E-state index contributed by atoms with van der Waals surface area (Å²) in [5.41, 5.74) is 3.16. The molecule has 1 N–H and O–H groups in total. The highest BCUT2D eigenvalue weighted by molar-refractivity contribution is 7.99. The lowest BCUT2D eigenvalue weighted by atomic mass is 10.1. The van der Waals surface area contributed by atoms with Crippen molar-refractivity contribution < 1.29 is 4.79 Å². The number of anilines is 2. The van der Waals surface area contributed by atoms with Crippen LogP contribution < -0.4 is 10.2 Å². The Hall–Kier alpha value is -1.98. The van der Waals surface area contributed by atoms with Crippen molar-refractivity contribution in [2.75, 3.05) is 31.1 Å². The fourth-order valence-electron chi connectivity index (χ4n) is 4.50. The summed E-state index contributed by atoms with van der Waals surface area (Å²) in [4.78, 5) is 20.3. The quantitative estimate of drug-likeness (QED) is 0.553. The summed E-state index contributed by atoms with van der Waals surface area (Å²) in [7, 11) is 0. The molecule has 2 aliphatic rings. The lowest BCUT2D eigenvalue weighted by Crippen LogP contribution is -2.40. The first-order valence-electron chi connectivity index (χ1n) is 11.4. The Bertz CT molecular complexity index is 878. The summed E-state index contributed by atoms with van der Waals surface area (Å²) >= 11 is 1.80. The van der Waals surface area contributed by atoms with E-state index in [1.54, 1.807) is 11.8 Å².